The first kappa shape index (κ1) is 11.9. The van der Waals surface area contributed by atoms with E-state index in [9.17, 15) is 0 Å². The molecule has 0 amide bonds. The lowest BCUT2D eigenvalue weighted by molar-refractivity contribution is 0.327. The van der Waals surface area contributed by atoms with Gasteiger partial charge in [-0.2, -0.15) is 0 Å². The molecule has 0 aliphatic heterocycles. The molecular weight excluding hydrogens is 234 g/mol. The summed E-state index contributed by atoms with van der Waals surface area (Å²) in [5.41, 5.74) is 2.82. The normalized spacial score (nSPS) is 12.1. The molecule has 2 heterocycles. The summed E-state index contributed by atoms with van der Waals surface area (Å²) in [6.45, 7) is 4.68. The van der Waals surface area contributed by atoms with Gasteiger partial charge in [0.1, 0.15) is 0 Å². The van der Waals surface area contributed by atoms with E-state index in [1.807, 2.05) is 30.8 Å². The molecule has 17 heavy (non-hydrogen) atoms. The topological polar surface area (TPSA) is 47.0 Å². The monoisotopic (exact) mass is 249 g/mol. The van der Waals surface area contributed by atoms with Crippen LogP contribution in [0.1, 0.15) is 24.8 Å². The van der Waals surface area contributed by atoms with E-state index in [0.717, 1.165) is 5.69 Å². The van der Waals surface area contributed by atoms with Crippen LogP contribution in [0.3, 0.4) is 0 Å². The Bertz CT molecular complexity index is 441. The molecule has 2 aromatic heterocycles. The van der Waals surface area contributed by atoms with Crippen molar-refractivity contribution in [1.82, 2.24) is 9.97 Å². The molecule has 90 valence electrons. The number of aromatic nitrogens is 2. The van der Waals surface area contributed by atoms with Gasteiger partial charge in [0.2, 0.25) is 5.88 Å². The van der Waals surface area contributed by atoms with Crippen LogP contribution in [0.2, 0.25) is 0 Å². The molecule has 1 atom stereocenters. The van der Waals surface area contributed by atoms with E-state index >= 15 is 0 Å². The van der Waals surface area contributed by atoms with Gasteiger partial charge in [-0.05, 0) is 19.9 Å². The number of anilines is 1. The predicted octanol–water partition coefficient (Wildman–Crippen LogP) is 3.11. The summed E-state index contributed by atoms with van der Waals surface area (Å²) < 4.78 is 5.29. The molecule has 2 rings (SSSR count). The molecule has 1 unspecified atom stereocenters. The molecule has 0 bridgehead atoms. The van der Waals surface area contributed by atoms with Crippen molar-refractivity contribution in [2.75, 3.05) is 11.9 Å². The lowest BCUT2D eigenvalue weighted by Crippen LogP contribution is -2.05. The maximum atomic E-state index is 5.29. The van der Waals surface area contributed by atoms with Crippen LogP contribution in [0.25, 0.3) is 0 Å². The second-order valence-corrected chi connectivity index (χ2v) is 4.51. The Hall–Kier alpha value is -1.62. The average Bonchev–Trinajstić information content (AvgIpc) is 2.86. The van der Waals surface area contributed by atoms with Crippen molar-refractivity contribution >= 4 is 17.0 Å². The molecule has 0 aliphatic rings. The third-order valence-electron chi connectivity index (χ3n) is 2.29. The maximum absolute atomic E-state index is 5.29. The zero-order chi connectivity index (χ0) is 12.1. The van der Waals surface area contributed by atoms with Gasteiger partial charge in [0.15, 0.2) is 0 Å². The van der Waals surface area contributed by atoms with E-state index in [1.165, 1.54) is 4.88 Å². The minimum Gasteiger partial charge on any atom is -0.478 e. The summed E-state index contributed by atoms with van der Waals surface area (Å²) in [5, 5.41) is 3.37. The summed E-state index contributed by atoms with van der Waals surface area (Å²) in [7, 11) is 0. The van der Waals surface area contributed by atoms with E-state index in [2.05, 4.69) is 22.2 Å². The largest absolute Gasteiger partial charge is 0.478 e. The molecule has 0 aromatic carbocycles. The van der Waals surface area contributed by atoms with Gasteiger partial charge in [-0.25, -0.2) is 4.98 Å². The number of nitrogens with zero attached hydrogens (tertiary/aromatic N) is 2. The molecule has 0 saturated heterocycles. The van der Waals surface area contributed by atoms with E-state index in [1.54, 1.807) is 17.5 Å². The van der Waals surface area contributed by atoms with E-state index in [0.29, 0.717) is 12.5 Å². The quantitative estimate of drug-likeness (QED) is 0.884. The van der Waals surface area contributed by atoms with Crippen molar-refractivity contribution in [3.63, 3.8) is 0 Å². The first-order chi connectivity index (χ1) is 8.29. The highest BCUT2D eigenvalue weighted by atomic mass is 32.1. The number of thiazole rings is 1. The van der Waals surface area contributed by atoms with Crippen LogP contribution in [0.5, 0.6) is 5.88 Å². The molecule has 0 saturated carbocycles. The molecule has 1 N–H and O–H groups in total. The minimum atomic E-state index is 0.238. The van der Waals surface area contributed by atoms with Gasteiger partial charge in [-0.3, -0.25) is 4.98 Å². The standard InChI is InChI=1S/C12H15N3OS/c1-3-16-12-5-4-10(6-14-12)15-9(2)11-7-13-8-17-11/h4-9,15H,3H2,1-2H3. The molecule has 0 aliphatic carbocycles. The number of pyridine rings is 1. The zero-order valence-corrected chi connectivity index (χ0v) is 10.7. The Balaban J connectivity index is 1.99. The van der Waals surface area contributed by atoms with Gasteiger partial charge in [-0.1, -0.05) is 0 Å². The van der Waals surface area contributed by atoms with Crippen LogP contribution < -0.4 is 10.1 Å². The van der Waals surface area contributed by atoms with Crippen LogP contribution in [0, 0.1) is 0 Å². The highest BCUT2D eigenvalue weighted by Crippen LogP contribution is 2.22. The van der Waals surface area contributed by atoms with Crippen LogP contribution in [0.4, 0.5) is 5.69 Å². The van der Waals surface area contributed by atoms with Crippen molar-refractivity contribution in [3.05, 3.63) is 34.9 Å². The lowest BCUT2D eigenvalue weighted by Gasteiger charge is -2.13. The second kappa shape index (κ2) is 5.63. The van der Waals surface area contributed by atoms with Crippen molar-refractivity contribution in [2.24, 2.45) is 0 Å². The first-order valence-corrected chi connectivity index (χ1v) is 6.41. The Labute approximate surface area is 105 Å². The zero-order valence-electron chi connectivity index (χ0n) is 9.88. The summed E-state index contributed by atoms with van der Waals surface area (Å²) >= 11 is 1.64. The molecule has 0 fully saturated rings. The Morgan fingerprint density at radius 3 is 2.88 bits per heavy atom. The van der Waals surface area contributed by atoms with Crippen molar-refractivity contribution in [2.45, 2.75) is 19.9 Å². The SMILES string of the molecule is CCOc1ccc(NC(C)c2cncs2)cn1. The number of ether oxygens (including phenoxy) is 1. The highest BCUT2D eigenvalue weighted by molar-refractivity contribution is 7.09. The Morgan fingerprint density at radius 1 is 1.41 bits per heavy atom. The number of hydrogen-bond donors (Lipinski definition) is 1. The maximum Gasteiger partial charge on any atom is 0.213 e. The summed E-state index contributed by atoms with van der Waals surface area (Å²) in [6.07, 6.45) is 3.66. The second-order valence-electron chi connectivity index (χ2n) is 3.59. The minimum absolute atomic E-state index is 0.238. The third-order valence-corrected chi connectivity index (χ3v) is 3.25. The number of rotatable bonds is 5. The molecular formula is C12H15N3OS. The van der Waals surface area contributed by atoms with Crippen LogP contribution in [-0.4, -0.2) is 16.6 Å². The molecule has 5 heteroatoms. The van der Waals surface area contributed by atoms with Gasteiger partial charge in [-0.15, -0.1) is 11.3 Å². The van der Waals surface area contributed by atoms with Crippen molar-refractivity contribution in [1.29, 1.82) is 0 Å². The van der Waals surface area contributed by atoms with E-state index in [4.69, 9.17) is 4.74 Å². The molecule has 0 spiro atoms. The van der Waals surface area contributed by atoms with Crippen LogP contribution in [0.15, 0.2) is 30.0 Å². The van der Waals surface area contributed by atoms with Gasteiger partial charge in [0.25, 0.3) is 0 Å². The van der Waals surface area contributed by atoms with Crippen LogP contribution >= 0.6 is 11.3 Å². The first-order valence-electron chi connectivity index (χ1n) is 5.53. The average molecular weight is 249 g/mol. The summed E-state index contributed by atoms with van der Waals surface area (Å²) in [6, 6.07) is 4.07. The highest BCUT2D eigenvalue weighted by Gasteiger charge is 2.06. The fourth-order valence-electron chi connectivity index (χ4n) is 1.46. The summed E-state index contributed by atoms with van der Waals surface area (Å²) in [4.78, 5) is 9.48. The lowest BCUT2D eigenvalue weighted by atomic mass is 10.3. The van der Waals surface area contributed by atoms with Crippen molar-refractivity contribution in [3.8, 4) is 5.88 Å². The molecule has 4 nitrogen and oxygen atoms in total. The Morgan fingerprint density at radius 2 is 2.29 bits per heavy atom. The number of nitrogens with one attached hydrogen (secondary N) is 1. The molecule has 2 aromatic rings. The fourth-order valence-corrected chi connectivity index (χ4v) is 2.09. The van der Waals surface area contributed by atoms with Gasteiger partial charge < -0.3 is 10.1 Å². The smallest absolute Gasteiger partial charge is 0.213 e. The van der Waals surface area contributed by atoms with Gasteiger partial charge in [0, 0.05) is 17.1 Å². The van der Waals surface area contributed by atoms with Crippen LogP contribution in [-0.2, 0) is 0 Å². The molecule has 0 radical (unpaired) electrons. The Kier molecular flexibility index (Phi) is 3.93. The fraction of sp³-hybridized carbons (Fsp3) is 0.333. The van der Waals surface area contributed by atoms with Crippen molar-refractivity contribution < 1.29 is 4.74 Å². The van der Waals surface area contributed by atoms with E-state index < -0.39 is 0 Å². The summed E-state index contributed by atoms with van der Waals surface area (Å²) in [5.74, 6) is 0.656. The number of hydrogen-bond acceptors (Lipinski definition) is 5. The van der Waals surface area contributed by atoms with Gasteiger partial charge >= 0.3 is 0 Å². The predicted molar refractivity (Wildman–Crippen MR) is 69.6 cm³/mol. The van der Waals surface area contributed by atoms with E-state index in [-0.39, 0.29) is 6.04 Å². The van der Waals surface area contributed by atoms with Gasteiger partial charge in [0.05, 0.1) is 30.0 Å². The third kappa shape index (κ3) is 3.17.